The topological polar surface area (TPSA) is 42.2 Å². The van der Waals surface area contributed by atoms with Crippen molar-refractivity contribution >= 4 is 16.9 Å². The zero-order valence-corrected chi connectivity index (χ0v) is 15.9. The van der Waals surface area contributed by atoms with Gasteiger partial charge in [0.05, 0.1) is 0 Å². The Hall–Kier alpha value is -2.55. The first-order valence-electron chi connectivity index (χ1n) is 10.0. The summed E-state index contributed by atoms with van der Waals surface area (Å²) < 4.78 is 6.10. The maximum atomic E-state index is 11.1. The molecule has 3 nitrogen and oxygen atoms in total. The number of carbonyl (C=O) groups excluding carboxylic acids is 1. The van der Waals surface area contributed by atoms with E-state index in [0.29, 0.717) is 11.8 Å². The Morgan fingerprint density at radius 1 is 1.07 bits per heavy atom. The van der Waals surface area contributed by atoms with Crippen molar-refractivity contribution in [1.82, 2.24) is 5.32 Å². The van der Waals surface area contributed by atoms with Crippen LogP contribution in [0.3, 0.4) is 0 Å². The van der Waals surface area contributed by atoms with Crippen molar-refractivity contribution in [2.24, 2.45) is 5.92 Å². The van der Waals surface area contributed by atoms with Gasteiger partial charge in [0, 0.05) is 25.3 Å². The Kier molecular flexibility index (Phi) is 5.28. The van der Waals surface area contributed by atoms with Crippen LogP contribution in [-0.2, 0) is 17.6 Å². The maximum Gasteiger partial charge on any atom is 0.216 e. The molecule has 4 rings (SSSR count). The Balaban J connectivity index is 1.36. The van der Waals surface area contributed by atoms with E-state index in [2.05, 4.69) is 59.9 Å². The van der Waals surface area contributed by atoms with Crippen LogP contribution in [0.5, 0.6) is 0 Å². The molecule has 1 heterocycles. The van der Waals surface area contributed by atoms with Gasteiger partial charge in [0.25, 0.3) is 0 Å². The van der Waals surface area contributed by atoms with E-state index in [1.807, 2.05) is 0 Å². The average Bonchev–Trinajstić information content (AvgIpc) is 3.33. The summed E-state index contributed by atoms with van der Waals surface area (Å²) in [5, 5.41) is 4.20. The second kappa shape index (κ2) is 7.99. The number of hydrogen-bond acceptors (Lipinski definition) is 2. The molecule has 0 unspecified atom stereocenters. The first kappa shape index (κ1) is 17.8. The van der Waals surface area contributed by atoms with Gasteiger partial charge in [-0.15, -0.1) is 0 Å². The molecule has 1 amide bonds. The van der Waals surface area contributed by atoms with Crippen LogP contribution < -0.4 is 5.32 Å². The molecular formula is C24H27NO2. The van der Waals surface area contributed by atoms with Crippen molar-refractivity contribution < 1.29 is 9.21 Å². The molecule has 27 heavy (non-hydrogen) atoms. The van der Waals surface area contributed by atoms with Crippen LogP contribution in [0.15, 0.2) is 59.0 Å². The monoisotopic (exact) mass is 361 g/mol. The highest BCUT2D eigenvalue weighted by Gasteiger charge is 2.39. The third-order valence-electron chi connectivity index (χ3n) is 5.56. The van der Waals surface area contributed by atoms with Crippen molar-refractivity contribution in [3.63, 3.8) is 0 Å². The summed E-state index contributed by atoms with van der Waals surface area (Å²) in [5.74, 6) is 2.25. The summed E-state index contributed by atoms with van der Waals surface area (Å²) in [6, 6.07) is 19.3. The number of hydrogen-bond donors (Lipinski definition) is 1. The highest BCUT2D eigenvalue weighted by atomic mass is 16.3. The van der Waals surface area contributed by atoms with Gasteiger partial charge in [-0.2, -0.15) is 0 Å². The second-order valence-corrected chi connectivity index (χ2v) is 7.70. The van der Waals surface area contributed by atoms with Crippen LogP contribution in [0.25, 0.3) is 11.0 Å². The molecule has 0 aliphatic heterocycles. The van der Waals surface area contributed by atoms with Crippen molar-refractivity contribution in [3.05, 3.63) is 71.5 Å². The number of rotatable bonds is 8. The first-order valence-corrected chi connectivity index (χ1v) is 10.0. The smallest absolute Gasteiger partial charge is 0.216 e. The number of amides is 1. The van der Waals surface area contributed by atoms with E-state index in [-0.39, 0.29) is 5.91 Å². The van der Waals surface area contributed by atoms with Gasteiger partial charge in [-0.3, -0.25) is 4.79 Å². The van der Waals surface area contributed by atoms with Gasteiger partial charge < -0.3 is 9.73 Å². The molecule has 1 aliphatic rings. The first-order chi connectivity index (χ1) is 13.2. The average molecular weight is 361 g/mol. The Bertz CT molecular complexity index is 913. The summed E-state index contributed by atoms with van der Waals surface area (Å²) >= 11 is 0. The lowest BCUT2D eigenvalue weighted by Crippen LogP contribution is -2.22. The van der Waals surface area contributed by atoms with Crippen molar-refractivity contribution in [1.29, 1.82) is 0 Å². The molecule has 0 spiro atoms. The molecule has 3 heteroatoms. The minimum Gasteiger partial charge on any atom is -0.461 e. The zero-order chi connectivity index (χ0) is 18.6. The van der Waals surface area contributed by atoms with E-state index in [0.717, 1.165) is 43.6 Å². The lowest BCUT2D eigenvalue weighted by atomic mass is 10.0. The highest BCUT2D eigenvalue weighted by Crippen LogP contribution is 2.49. The van der Waals surface area contributed by atoms with Crippen molar-refractivity contribution in [2.45, 2.75) is 44.9 Å². The molecule has 0 radical (unpaired) electrons. The number of carbonyl (C=O) groups is 1. The molecule has 0 bridgehead atoms. The molecular weight excluding hydrogens is 334 g/mol. The molecule has 2 atom stereocenters. The van der Waals surface area contributed by atoms with Gasteiger partial charge in [0.1, 0.15) is 11.3 Å². The van der Waals surface area contributed by atoms with Crippen LogP contribution in [0.4, 0.5) is 0 Å². The standard InChI is InChI=1S/C24H27NO2/c1-17(26)25-16-19-14-22(19)21-12-7-13-24-23(21)15-20(27-24)11-6-5-10-18-8-3-2-4-9-18/h2-4,7-9,12-13,15,19,22H,5-6,10-11,14,16H2,1H3,(H,25,26)/t19-,22+/m0/s1. The molecule has 1 fully saturated rings. The van der Waals surface area contributed by atoms with Gasteiger partial charge in [-0.25, -0.2) is 0 Å². The van der Waals surface area contributed by atoms with Crippen LogP contribution in [0.2, 0.25) is 0 Å². The summed E-state index contributed by atoms with van der Waals surface area (Å²) in [4.78, 5) is 11.1. The molecule has 1 aliphatic carbocycles. The summed E-state index contributed by atoms with van der Waals surface area (Å²) in [6.45, 7) is 2.36. The van der Waals surface area contributed by atoms with E-state index in [9.17, 15) is 4.79 Å². The van der Waals surface area contributed by atoms with E-state index in [4.69, 9.17) is 4.42 Å². The molecule has 1 saturated carbocycles. The molecule has 1 aromatic heterocycles. The van der Waals surface area contributed by atoms with Crippen LogP contribution in [-0.4, -0.2) is 12.5 Å². The van der Waals surface area contributed by atoms with E-state index in [1.165, 1.54) is 22.9 Å². The number of benzene rings is 2. The lowest BCUT2D eigenvalue weighted by Gasteiger charge is -2.03. The minimum absolute atomic E-state index is 0.0555. The Morgan fingerprint density at radius 3 is 2.70 bits per heavy atom. The van der Waals surface area contributed by atoms with Gasteiger partial charge in [-0.1, -0.05) is 42.5 Å². The second-order valence-electron chi connectivity index (χ2n) is 7.70. The number of unbranched alkanes of at least 4 members (excludes halogenated alkanes) is 1. The minimum atomic E-state index is 0.0555. The SMILES string of the molecule is CC(=O)NC[C@@H]1C[C@H]1c1cccc2oc(CCCCc3ccccc3)cc12. The predicted octanol–water partition coefficient (Wildman–Crippen LogP) is 5.24. The van der Waals surface area contributed by atoms with E-state index >= 15 is 0 Å². The fraction of sp³-hybridized carbons (Fsp3) is 0.375. The maximum absolute atomic E-state index is 11.1. The summed E-state index contributed by atoms with van der Waals surface area (Å²) in [7, 11) is 0. The fourth-order valence-electron chi connectivity index (χ4n) is 3.98. The van der Waals surface area contributed by atoms with E-state index < -0.39 is 0 Å². The molecule has 0 saturated heterocycles. The molecule has 1 N–H and O–H groups in total. The van der Waals surface area contributed by atoms with Crippen LogP contribution >= 0.6 is 0 Å². The number of nitrogens with one attached hydrogen (secondary N) is 1. The summed E-state index contributed by atoms with van der Waals surface area (Å²) in [5.41, 5.74) is 3.78. The normalized spacial score (nSPS) is 18.6. The number of aryl methyl sites for hydroxylation is 2. The Labute approximate surface area is 160 Å². The quantitative estimate of drug-likeness (QED) is 0.558. The molecule has 2 aromatic carbocycles. The highest BCUT2D eigenvalue weighted by molar-refractivity contribution is 5.83. The predicted molar refractivity (Wildman–Crippen MR) is 109 cm³/mol. The molecule has 3 aromatic rings. The van der Waals surface area contributed by atoms with Gasteiger partial charge in [0.2, 0.25) is 5.91 Å². The van der Waals surface area contributed by atoms with E-state index in [1.54, 1.807) is 6.92 Å². The Morgan fingerprint density at radius 2 is 1.89 bits per heavy atom. The number of furan rings is 1. The molecule has 140 valence electrons. The van der Waals surface area contributed by atoms with Gasteiger partial charge in [-0.05, 0) is 60.8 Å². The third-order valence-corrected chi connectivity index (χ3v) is 5.56. The summed E-state index contributed by atoms with van der Waals surface area (Å²) in [6.07, 6.45) is 5.57. The lowest BCUT2D eigenvalue weighted by molar-refractivity contribution is -0.119. The van der Waals surface area contributed by atoms with Crippen LogP contribution in [0, 0.1) is 5.92 Å². The third kappa shape index (κ3) is 4.41. The van der Waals surface area contributed by atoms with Gasteiger partial charge >= 0.3 is 0 Å². The zero-order valence-electron chi connectivity index (χ0n) is 15.9. The largest absolute Gasteiger partial charge is 0.461 e. The van der Waals surface area contributed by atoms with Crippen molar-refractivity contribution in [3.8, 4) is 0 Å². The fourth-order valence-corrected chi connectivity index (χ4v) is 3.98. The van der Waals surface area contributed by atoms with Crippen LogP contribution in [0.1, 0.15) is 49.0 Å². The van der Waals surface area contributed by atoms with Gasteiger partial charge in [0.15, 0.2) is 0 Å². The van der Waals surface area contributed by atoms with Crippen molar-refractivity contribution in [2.75, 3.05) is 6.54 Å². The number of fused-ring (bicyclic) bond motifs is 1.